The van der Waals surface area contributed by atoms with Crippen LogP contribution in [0, 0.1) is 11.8 Å². The summed E-state index contributed by atoms with van der Waals surface area (Å²) in [7, 11) is -2.13. The predicted molar refractivity (Wildman–Crippen MR) is 124 cm³/mol. The number of carbonyl (C=O) groups excluding carboxylic acids is 1. The Kier molecular flexibility index (Phi) is 6.74. The molecule has 1 aliphatic carbocycles. The number of aliphatic hydroxyl groups is 1. The summed E-state index contributed by atoms with van der Waals surface area (Å²) in [6.45, 7) is 3.87. The van der Waals surface area contributed by atoms with Crippen molar-refractivity contribution < 1.29 is 23.1 Å². The van der Waals surface area contributed by atoms with Crippen molar-refractivity contribution >= 4 is 15.9 Å². The van der Waals surface area contributed by atoms with E-state index in [-0.39, 0.29) is 41.5 Å². The van der Waals surface area contributed by atoms with Gasteiger partial charge in [0.25, 0.3) is 0 Å². The second-order valence-electron chi connectivity index (χ2n) is 9.13. The van der Waals surface area contributed by atoms with E-state index in [1.165, 1.54) is 4.31 Å². The molecule has 178 valence electrons. The lowest BCUT2D eigenvalue weighted by atomic mass is 10.0. The highest BCUT2D eigenvalue weighted by atomic mass is 32.2. The van der Waals surface area contributed by atoms with Gasteiger partial charge in [0.2, 0.25) is 15.9 Å². The second-order valence-corrected chi connectivity index (χ2v) is 11.0. The van der Waals surface area contributed by atoms with Crippen molar-refractivity contribution in [2.24, 2.45) is 11.8 Å². The molecule has 0 unspecified atom stereocenters. The smallest absolute Gasteiger partial charge is 0.247 e. The maximum absolute atomic E-state index is 13.6. The Labute approximate surface area is 195 Å². The number of benzene rings is 1. The first-order valence-corrected chi connectivity index (χ1v) is 12.7. The summed E-state index contributed by atoms with van der Waals surface area (Å²) in [4.78, 5) is 18.4. The summed E-state index contributed by atoms with van der Waals surface area (Å²) in [5.41, 5.74) is 1.70. The lowest BCUT2D eigenvalue weighted by Crippen LogP contribution is -2.50. The van der Waals surface area contributed by atoms with Crippen molar-refractivity contribution in [3.05, 3.63) is 42.7 Å². The predicted octanol–water partition coefficient (Wildman–Crippen LogP) is 2.39. The Morgan fingerprint density at radius 1 is 1.24 bits per heavy atom. The van der Waals surface area contributed by atoms with Crippen molar-refractivity contribution in [1.29, 1.82) is 0 Å². The molecule has 2 aliphatic rings. The van der Waals surface area contributed by atoms with E-state index in [1.807, 2.05) is 19.1 Å². The van der Waals surface area contributed by atoms with Crippen LogP contribution in [0.25, 0.3) is 11.1 Å². The molecule has 9 heteroatoms. The van der Waals surface area contributed by atoms with Crippen molar-refractivity contribution in [3.63, 3.8) is 0 Å². The molecular formula is C24H31N3O5S. The fraction of sp³-hybridized carbons (Fsp3) is 0.500. The third-order valence-electron chi connectivity index (χ3n) is 6.44. The van der Waals surface area contributed by atoms with Gasteiger partial charge < -0.3 is 14.7 Å². The van der Waals surface area contributed by atoms with Crippen LogP contribution in [-0.2, 0) is 14.8 Å². The molecule has 2 aromatic rings. The van der Waals surface area contributed by atoms with Crippen LogP contribution in [0.5, 0.6) is 5.75 Å². The van der Waals surface area contributed by atoms with Crippen LogP contribution in [0.4, 0.5) is 0 Å². The number of aromatic nitrogens is 1. The maximum Gasteiger partial charge on any atom is 0.247 e. The molecule has 1 aromatic carbocycles. The summed E-state index contributed by atoms with van der Waals surface area (Å²) in [6, 6.07) is 8.15. The van der Waals surface area contributed by atoms with Crippen LogP contribution in [0.1, 0.15) is 26.7 Å². The monoisotopic (exact) mass is 473 g/mol. The molecule has 4 rings (SSSR count). The number of rotatable bonds is 6. The first-order valence-electron chi connectivity index (χ1n) is 11.3. The van der Waals surface area contributed by atoms with Gasteiger partial charge in [-0.15, -0.1) is 0 Å². The Balaban J connectivity index is 1.76. The number of likely N-dealkylation sites (N-methyl/N-ethyl adjacent to an activating group) is 1. The third-order valence-corrected chi connectivity index (χ3v) is 8.46. The van der Waals surface area contributed by atoms with Crippen LogP contribution < -0.4 is 4.74 Å². The number of aliphatic hydroxyl groups excluding tert-OH is 1. The lowest BCUT2D eigenvalue weighted by molar-refractivity contribution is -0.132. The molecule has 33 heavy (non-hydrogen) atoms. The first kappa shape index (κ1) is 23.7. The minimum absolute atomic E-state index is 0.0636. The minimum Gasteiger partial charge on any atom is -0.487 e. The first-order chi connectivity index (χ1) is 15.7. The zero-order valence-corrected chi connectivity index (χ0v) is 20.0. The van der Waals surface area contributed by atoms with Gasteiger partial charge in [-0.3, -0.25) is 9.78 Å². The average molecular weight is 474 g/mol. The molecule has 3 atom stereocenters. The number of hydrogen-bond donors (Lipinski definition) is 1. The zero-order valence-electron chi connectivity index (χ0n) is 19.2. The van der Waals surface area contributed by atoms with E-state index in [4.69, 9.17) is 4.74 Å². The molecular weight excluding hydrogens is 442 g/mol. The number of hydrogen-bond acceptors (Lipinski definition) is 6. The molecule has 0 bridgehead atoms. The Morgan fingerprint density at radius 3 is 2.58 bits per heavy atom. The molecule has 1 fully saturated rings. The third kappa shape index (κ3) is 4.90. The summed E-state index contributed by atoms with van der Waals surface area (Å²) >= 11 is 0. The van der Waals surface area contributed by atoms with Crippen molar-refractivity contribution in [2.75, 3.05) is 26.7 Å². The van der Waals surface area contributed by atoms with Crippen LogP contribution in [0.2, 0.25) is 0 Å². The van der Waals surface area contributed by atoms with Gasteiger partial charge in [0, 0.05) is 43.9 Å². The van der Waals surface area contributed by atoms with Crippen LogP contribution in [0.15, 0.2) is 47.6 Å². The highest BCUT2D eigenvalue weighted by Gasteiger charge is 2.39. The molecule has 0 radical (unpaired) electrons. The number of carbonyl (C=O) groups is 1. The normalized spacial score (nSPS) is 23.5. The van der Waals surface area contributed by atoms with Gasteiger partial charge in [-0.1, -0.05) is 13.0 Å². The zero-order chi connectivity index (χ0) is 23.8. The number of amides is 1. The van der Waals surface area contributed by atoms with E-state index in [1.54, 1.807) is 49.5 Å². The molecule has 2 heterocycles. The minimum atomic E-state index is -3.90. The van der Waals surface area contributed by atoms with E-state index in [0.29, 0.717) is 6.54 Å². The Hall–Kier alpha value is -2.49. The maximum atomic E-state index is 13.6. The van der Waals surface area contributed by atoms with Gasteiger partial charge in [-0.2, -0.15) is 4.31 Å². The number of ether oxygens (including phenoxy) is 1. The van der Waals surface area contributed by atoms with Crippen LogP contribution >= 0.6 is 0 Å². The highest BCUT2D eigenvalue weighted by molar-refractivity contribution is 7.89. The molecule has 1 aliphatic heterocycles. The van der Waals surface area contributed by atoms with E-state index < -0.39 is 22.2 Å². The number of fused-ring (bicyclic) bond motifs is 1. The molecule has 1 aromatic heterocycles. The molecule has 1 N–H and O–H groups in total. The molecule has 1 saturated carbocycles. The number of sulfonamides is 1. The summed E-state index contributed by atoms with van der Waals surface area (Å²) in [6.07, 6.45) is 4.79. The quantitative estimate of drug-likeness (QED) is 0.692. The van der Waals surface area contributed by atoms with Crippen molar-refractivity contribution in [3.8, 4) is 16.9 Å². The molecule has 0 saturated heterocycles. The van der Waals surface area contributed by atoms with Gasteiger partial charge >= 0.3 is 0 Å². The van der Waals surface area contributed by atoms with Crippen LogP contribution in [-0.4, -0.2) is 72.5 Å². The van der Waals surface area contributed by atoms with Gasteiger partial charge in [-0.25, -0.2) is 8.42 Å². The Morgan fingerprint density at radius 2 is 1.94 bits per heavy atom. The highest BCUT2D eigenvalue weighted by Crippen LogP contribution is 2.37. The van der Waals surface area contributed by atoms with Crippen molar-refractivity contribution in [2.45, 2.75) is 43.7 Å². The van der Waals surface area contributed by atoms with E-state index in [9.17, 15) is 18.3 Å². The largest absolute Gasteiger partial charge is 0.487 e. The molecule has 1 amide bonds. The molecule has 0 spiro atoms. The molecule has 8 nitrogen and oxygen atoms in total. The van der Waals surface area contributed by atoms with Crippen molar-refractivity contribution in [1.82, 2.24) is 14.2 Å². The fourth-order valence-corrected chi connectivity index (χ4v) is 6.00. The van der Waals surface area contributed by atoms with E-state index in [2.05, 4.69) is 4.98 Å². The summed E-state index contributed by atoms with van der Waals surface area (Å²) in [5, 5.41) is 9.76. The van der Waals surface area contributed by atoms with E-state index in [0.717, 1.165) is 24.0 Å². The van der Waals surface area contributed by atoms with E-state index >= 15 is 0 Å². The SMILES string of the molecule is C[C@H]1CN([C@@H](C)CO)S(=O)(=O)c2ccc(-c3ccncc3)cc2O[C@H]1CN(C)C(=O)C1CC1. The van der Waals surface area contributed by atoms with Gasteiger partial charge in [0.1, 0.15) is 16.7 Å². The van der Waals surface area contributed by atoms with Crippen LogP contribution in [0.3, 0.4) is 0 Å². The average Bonchev–Trinajstić information content (AvgIpc) is 3.66. The topological polar surface area (TPSA) is 100 Å². The van der Waals surface area contributed by atoms with Gasteiger partial charge in [0.05, 0.1) is 13.2 Å². The number of nitrogens with zero attached hydrogens (tertiary/aromatic N) is 3. The Bertz CT molecular complexity index is 1100. The standard InChI is InChI=1S/C24H31N3O5S/c1-16-13-27(17(2)15-28)33(30,31)23-7-6-20(18-8-10-25-11-9-18)12-21(23)32-22(16)14-26(3)24(29)19-4-5-19/h6-12,16-17,19,22,28H,4-5,13-15H2,1-3H3/t16-,17-,22-/m0/s1. The summed E-state index contributed by atoms with van der Waals surface area (Å²) < 4.78 is 34.8. The lowest BCUT2D eigenvalue weighted by Gasteiger charge is -2.37. The van der Waals surface area contributed by atoms with Gasteiger partial charge in [-0.05, 0) is 55.2 Å². The van der Waals surface area contributed by atoms with Gasteiger partial charge in [0.15, 0.2) is 0 Å². The fourth-order valence-electron chi connectivity index (χ4n) is 4.17. The summed E-state index contributed by atoms with van der Waals surface area (Å²) in [5.74, 6) is 0.242. The second kappa shape index (κ2) is 9.40. The number of pyridine rings is 1.